The summed E-state index contributed by atoms with van der Waals surface area (Å²) in [5.41, 5.74) is 0. The van der Waals surface area contributed by atoms with Crippen LogP contribution in [-0.2, 0) is 4.74 Å². The van der Waals surface area contributed by atoms with Crippen LogP contribution in [0.25, 0.3) is 0 Å². The Bertz CT molecular complexity index is 319. The zero-order chi connectivity index (χ0) is 17.1. The topological polar surface area (TPSA) is 48.9 Å². The smallest absolute Gasteiger partial charge is 0.190 e. The van der Waals surface area contributed by atoms with Crippen molar-refractivity contribution in [2.24, 2.45) is 10.9 Å². The van der Waals surface area contributed by atoms with Gasteiger partial charge in [-0.15, -0.1) is 0 Å². The third kappa shape index (κ3) is 9.82. The average molecular weight is 327 g/mol. The van der Waals surface area contributed by atoms with Gasteiger partial charge in [-0.3, -0.25) is 9.89 Å². The number of nitrogens with zero attached hydrogens (tertiary/aromatic N) is 2. The van der Waals surface area contributed by atoms with E-state index in [-0.39, 0.29) is 0 Å². The fourth-order valence-corrected chi connectivity index (χ4v) is 2.72. The standard InChI is InChI=1S/C18H38N4O/c1-15(2)22(16(3)4)12-6-10-20-18(19-5)21-11-7-13-23-14-17-8-9-17/h15-17H,6-14H2,1-5H3,(H2,19,20,21). The highest BCUT2D eigenvalue weighted by Gasteiger charge is 2.20. The number of aliphatic imine (C=N–C) groups is 1. The van der Waals surface area contributed by atoms with Crippen molar-refractivity contribution in [1.82, 2.24) is 15.5 Å². The molecule has 136 valence electrons. The third-order valence-corrected chi connectivity index (χ3v) is 4.24. The number of guanidine groups is 1. The summed E-state index contributed by atoms with van der Waals surface area (Å²) in [5.74, 6) is 1.75. The van der Waals surface area contributed by atoms with E-state index in [1.165, 1.54) is 12.8 Å². The second-order valence-corrected chi connectivity index (χ2v) is 7.08. The fourth-order valence-electron chi connectivity index (χ4n) is 2.72. The van der Waals surface area contributed by atoms with Crippen molar-refractivity contribution in [3.05, 3.63) is 0 Å². The predicted octanol–water partition coefficient (Wildman–Crippen LogP) is 2.48. The van der Waals surface area contributed by atoms with Gasteiger partial charge >= 0.3 is 0 Å². The van der Waals surface area contributed by atoms with Gasteiger partial charge in [0.15, 0.2) is 5.96 Å². The van der Waals surface area contributed by atoms with Crippen LogP contribution in [0.3, 0.4) is 0 Å². The number of hydrogen-bond donors (Lipinski definition) is 2. The van der Waals surface area contributed by atoms with Crippen LogP contribution >= 0.6 is 0 Å². The van der Waals surface area contributed by atoms with Crippen LogP contribution in [0.5, 0.6) is 0 Å². The van der Waals surface area contributed by atoms with Crippen LogP contribution < -0.4 is 10.6 Å². The quantitative estimate of drug-likeness (QED) is 0.329. The average Bonchev–Trinajstić information content (AvgIpc) is 3.31. The molecule has 0 unspecified atom stereocenters. The molecular weight excluding hydrogens is 288 g/mol. The van der Waals surface area contributed by atoms with Gasteiger partial charge in [-0.05, 0) is 59.3 Å². The molecule has 0 aliphatic heterocycles. The molecule has 1 saturated carbocycles. The van der Waals surface area contributed by atoms with Crippen molar-refractivity contribution < 1.29 is 4.74 Å². The molecule has 1 aliphatic carbocycles. The van der Waals surface area contributed by atoms with E-state index in [4.69, 9.17) is 4.74 Å². The summed E-state index contributed by atoms with van der Waals surface area (Å²) in [5, 5.41) is 6.75. The summed E-state index contributed by atoms with van der Waals surface area (Å²) in [6, 6.07) is 1.20. The SMILES string of the molecule is CN=C(NCCCOCC1CC1)NCCCN(C(C)C)C(C)C. The first-order valence-electron chi connectivity index (χ1n) is 9.32. The van der Waals surface area contributed by atoms with Gasteiger partial charge in [-0.1, -0.05) is 0 Å². The van der Waals surface area contributed by atoms with Crippen molar-refractivity contribution in [3.8, 4) is 0 Å². The second kappa shape index (κ2) is 11.7. The van der Waals surface area contributed by atoms with E-state index in [1.807, 2.05) is 7.05 Å². The monoisotopic (exact) mass is 326 g/mol. The minimum absolute atomic E-state index is 0.600. The lowest BCUT2D eigenvalue weighted by atomic mass is 10.2. The molecule has 0 aromatic rings. The van der Waals surface area contributed by atoms with Crippen LogP contribution in [-0.4, -0.2) is 62.8 Å². The molecule has 0 bridgehead atoms. The Labute approximate surface area is 143 Å². The Kier molecular flexibility index (Phi) is 10.3. The van der Waals surface area contributed by atoms with E-state index >= 15 is 0 Å². The maximum atomic E-state index is 5.64. The van der Waals surface area contributed by atoms with Gasteiger partial charge in [-0.25, -0.2) is 0 Å². The molecule has 1 fully saturated rings. The van der Waals surface area contributed by atoms with E-state index in [1.54, 1.807) is 0 Å². The van der Waals surface area contributed by atoms with Crippen LogP contribution in [0.15, 0.2) is 4.99 Å². The lowest BCUT2D eigenvalue weighted by Crippen LogP contribution is -2.41. The highest BCUT2D eigenvalue weighted by Crippen LogP contribution is 2.28. The molecule has 0 heterocycles. The van der Waals surface area contributed by atoms with Crippen LogP contribution in [0.2, 0.25) is 0 Å². The van der Waals surface area contributed by atoms with E-state index in [0.717, 1.165) is 57.6 Å². The van der Waals surface area contributed by atoms with Gasteiger partial charge in [0.2, 0.25) is 0 Å². The zero-order valence-electron chi connectivity index (χ0n) is 15.9. The Hall–Kier alpha value is -0.810. The highest BCUT2D eigenvalue weighted by molar-refractivity contribution is 5.79. The molecule has 0 atom stereocenters. The second-order valence-electron chi connectivity index (χ2n) is 7.08. The maximum absolute atomic E-state index is 5.64. The number of hydrogen-bond acceptors (Lipinski definition) is 3. The summed E-state index contributed by atoms with van der Waals surface area (Å²) in [7, 11) is 1.83. The van der Waals surface area contributed by atoms with E-state index < -0.39 is 0 Å². The first-order chi connectivity index (χ1) is 11.0. The molecule has 0 aromatic carbocycles. The molecule has 1 aliphatic rings. The lowest BCUT2D eigenvalue weighted by molar-refractivity contribution is 0.123. The summed E-state index contributed by atoms with van der Waals surface area (Å²) in [4.78, 5) is 6.79. The van der Waals surface area contributed by atoms with Gasteiger partial charge < -0.3 is 15.4 Å². The van der Waals surface area contributed by atoms with Crippen molar-refractivity contribution in [2.45, 2.75) is 65.5 Å². The minimum atomic E-state index is 0.600. The molecule has 23 heavy (non-hydrogen) atoms. The Morgan fingerprint density at radius 1 is 1.09 bits per heavy atom. The first-order valence-corrected chi connectivity index (χ1v) is 9.32. The largest absolute Gasteiger partial charge is 0.381 e. The third-order valence-electron chi connectivity index (χ3n) is 4.24. The Morgan fingerprint density at radius 2 is 1.70 bits per heavy atom. The van der Waals surface area contributed by atoms with Gasteiger partial charge in [0.05, 0.1) is 0 Å². The van der Waals surface area contributed by atoms with E-state index in [9.17, 15) is 0 Å². The number of ether oxygens (including phenoxy) is 1. The molecule has 0 amide bonds. The van der Waals surface area contributed by atoms with Gasteiger partial charge in [0.25, 0.3) is 0 Å². The lowest BCUT2D eigenvalue weighted by Gasteiger charge is -2.30. The van der Waals surface area contributed by atoms with Gasteiger partial charge in [0.1, 0.15) is 0 Å². The van der Waals surface area contributed by atoms with Crippen molar-refractivity contribution in [1.29, 1.82) is 0 Å². The summed E-state index contributed by atoms with van der Waals surface area (Å²) in [6.07, 6.45) is 4.88. The molecule has 0 aromatic heterocycles. The van der Waals surface area contributed by atoms with Gasteiger partial charge in [0, 0.05) is 52.0 Å². The first kappa shape index (κ1) is 20.2. The molecular formula is C18H38N4O. The van der Waals surface area contributed by atoms with Gasteiger partial charge in [-0.2, -0.15) is 0 Å². The predicted molar refractivity (Wildman–Crippen MR) is 99.1 cm³/mol. The Morgan fingerprint density at radius 3 is 2.22 bits per heavy atom. The van der Waals surface area contributed by atoms with E-state index in [0.29, 0.717) is 12.1 Å². The maximum Gasteiger partial charge on any atom is 0.190 e. The van der Waals surface area contributed by atoms with E-state index in [2.05, 4.69) is 48.2 Å². The van der Waals surface area contributed by atoms with Crippen molar-refractivity contribution >= 4 is 5.96 Å². The summed E-state index contributed by atoms with van der Waals surface area (Å²) < 4.78 is 5.64. The minimum Gasteiger partial charge on any atom is -0.381 e. The van der Waals surface area contributed by atoms with Crippen molar-refractivity contribution in [2.75, 3.05) is 39.9 Å². The normalized spacial score (nSPS) is 15.7. The Balaban J connectivity index is 2.01. The molecule has 1 rings (SSSR count). The summed E-state index contributed by atoms with van der Waals surface area (Å²) >= 11 is 0. The molecule has 0 spiro atoms. The molecule has 2 N–H and O–H groups in total. The van der Waals surface area contributed by atoms with Crippen LogP contribution in [0.4, 0.5) is 0 Å². The molecule has 5 nitrogen and oxygen atoms in total. The molecule has 5 heteroatoms. The molecule has 0 saturated heterocycles. The molecule has 0 radical (unpaired) electrons. The number of rotatable bonds is 12. The van der Waals surface area contributed by atoms with Crippen LogP contribution in [0, 0.1) is 5.92 Å². The van der Waals surface area contributed by atoms with Crippen LogP contribution in [0.1, 0.15) is 53.4 Å². The fraction of sp³-hybridized carbons (Fsp3) is 0.944. The highest BCUT2D eigenvalue weighted by atomic mass is 16.5. The number of nitrogens with one attached hydrogen (secondary N) is 2. The zero-order valence-corrected chi connectivity index (χ0v) is 15.9. The van der Waals surface area contributed by atoms with Crippen molar-refractivity contribution in [3.63, 3.8) is 0 Å². The summed E-state index contributed by atoms with van der Waals surface area (Å²) in [6.45, 7) is 13.8.